The van der Waals surface area contributed by atoms with Crippen LogP contribution < -0.4 is 11.2 Å². The summed E-state index contributed by atoms with van der Waals surface area (Å²) in [6, 6.07) is 13.7. The lowest BCUT2D eigenvalue weighted by Gasteiger charge is -2.28. The van der Waals surface area contributed by atoms with E-state index in [1.54, 1.807) is 18.2 Å². The van der Waals surface area contributed by atoms with E-state index in [4.69, 9.17) is 5.26 Å². The van der Waals surface area contributed by atoms with Gasteiger partial charge in [0, 0.05) is 31.7 Å². The summed E-state index contributed by atoms with van der Waals surface area (Å²) in [6.07, 6.45) is -3.95. The smallest absolute Gasteiger partial charge is 0.311 e. The lowest BCUT2D eigenvalue weighted by Crippen LogP contribution is -2.43. The molecule has 164 valence electrons. The highest BCUT2D eigenvalue weighted by molar-refractivity contribution is 5.33. The quantitative estimate of drug-likeness (QED) is 0.676. The van der Waals surface area contributed by atoms with Crippen molar-refractivity contribution in [3.63, 3.8) is 0 Å². The first kappa shape index (κ1) is 21.6. The monoisotopic (exact) mass is 440 g/mol. The Hall–Kier alpha value is -3.64. The van der Waals surface area contributed by atoms with Crippen molar-refractivity contribution < 1.29 is 13.2 Å². The maximum atomic E-state index is 13.1. The number of aromatic nitrogens is 2. The van der Waals surface area contributed by atoms with Crippen molar-refractivity contribution in [1.82, 2.24) is 14.5 Å². The van der Waals surface area contributed by atoms with Gasteiger partial charge >= 0.3 is 11.9 Å². The van der Waals surface area contributed by atoms with E-state index in [0.29, 0.717) is 48.4 Å². The third-order valence-corrected chi connectivity index (χ3v) is 5.51. The number of fused-ring (bicyclic) bond motifs is 1. The number of nitrogens with one attached hydrogen (secondary N) is 1. The second-order valence-corrected chi connectivity index (χ2v) is 7.75. The number of hydrogen-bond donors (Lipinski definition) is 1. The minimum absolute atomic E-state index is 0.121. The topological polar surface area (TPSA) is 81.9 Å². The van der Waals surface area contributed by atoms with Crippen molar-refractivity contribution in [2.75, 3.05) is 6.54 Å². The van der Waals surface area contributed by atoms with Crippen molar-refractivity contribution in [2.45, 2.75) is 32.2 Å². The summed E-state index contributed by atoms with van der Waals surface area (Å²) in [5, 5.41) is 9.07. The maximum absolute atomic E-state index is 13.1. The molecule has 3 aromatic rings. The molecule has 0 atom stereocenters. The van der Waals surface area contributed by atoms with Crippen LogP contribution in [0.1, 0.15) is 33.5 Å². The number of alkyl halides is 3. The molecule has 0 spiro atoms. The van der Waals surface area contributed by atoms with Gasteiger partial charge in [-0.3, -0.25) is 14.3 Å². The standard InChI is InChI=1S/C23H19F3N4O2/c24-23(25,26)18-6-4-15(5-7-18)13-30-21(31)19-14-29(9-8-20(19)28-22(30)32)12-17-3-1-2-16(10-17)11-27/h1-7,10H,8-9,12-14H2,(H,28,32). The van der Waals surface area contributed by atoms with Gasteiger partial charge in [-0.1, -0.05) is 24.3 Å². The molecule has 2 heterocycles. The summed E-state index contributed by atoms with van der Waals surface area (Å²) in [5.74, 6) is 0. The molecule has 0 amide bonds. The van der Waals surface area contributed by atoms with E-state index in [1.807, 2.05) is 6.07 Å². The van der Waals surface area contributed by atoms with E-state index >= 15 is 0 Å². The minimum Gasteiger partial charge on any atom is -0.311 e. The molecule has 4 rings (SSSR count). The van der Waals surface area contributed by atoms with Crippen LogP contribution >= 0.6 is 0 Å². The average Bonchev–Trinajstić information content (AvgIpc) is 2.77. The zero-order chi connectivity index (χ0) is 22.9. The molecule has 0 bridgehead atoms. The van der Waals surface area contributed by atoms with Gasteiger partial charge in [0.15, 0.2) is 0 Å². The molecule has 2 aromatic carbocycles. The lowest BCUT2D eigenvalue weighted by atomic mass is 10.0. The highest BCUT2D eigenvalue weighted by Gasteiger charge is 2.30. The van der Waals surface area contributed by atoms with Gasteiger partial charge in [-0.25, -0.2) is 4.79 Å². The van der Waals surface area contributed by atoms with E-state index in [2.05, 4.69) is 16.0 Å². The fraction of sp³-hybridized carbons (Fsp3) is 0.261. The summed E-state index contributed by atoms with van der Waals surface area (Å²) >= 11 is 0. The van der Waals surface area contributed by atoms with Gasteiger partial charge in [0.25, 0.3) is 5.56 Å². The van der Waals surface area contributed by atoms with Gasteiger partial charge in [0.05, 0.1) is 29.3 Å². The van der Waals surface area contributed by atoms with Crippen molar-refractivity contribution >= 4 is 0 Å². The van der Waals surface area contributed by atoms with Crippen LogP contribution in [-0.2, 0) is 32.2 Å². The Balaban J connectivity index is 1.57. The molecule has 0 radical (unpaired) electrons. The lowest BCUT2D eigenvalue weighted by molar-refractivity contribution is -0.137. The van der Waals surface area contributed by atoms with Gasteiger partial charge in [-0.2, -0.15) is 18.4 Å². The van der Waals surface area contributed by atoms with Crippen LogP contribution in [0, 0.1) is 11.3 Å². The van der Waals surface area contributed by atoms with Gasteiger partial charge in [-0.05, 0) is 35.4 Å². The zero-order valence-corrected chi connectivity index (χ0v) is 16.9. The van der Waals surface area contributed by atoms with Gasteiger partial charge in [0.2, 0.25) is 0 Å². The predicted octanol–water partition coefficient (Wildman–Crippen LogP) is 3.03. The zero-order valence-electron chi connectivity index (χ0n) is 16.9. The summed E-state index contributed by atoms with van der Waals surface area (Å²) in [4.78, 5) is 30.3. The van der Waals surface area contributed by atoms with E-state index in [0.717, 1.165) is 22.3 Å². The number of nitriles is 1. The molecule has 0 aliphatic carbocycles. The second kappa shape index (κ2) is 8.48. The summed E-state index contributed by atoms with van der Waals surface area (Å²) in [7, 11) is 0. The Labute approximate surface area is 181 Å². The Morgan fingerprint density at radius 3 is 2.47 bits per heavy atom. The van der Waals surface area contributed by atoms with Crippen molar-refractivity contribution in [3.05, 3.63) is 103 Å². The molecule has 0 unspecified atom stereocenters. The van der Waals surface area contributed by atoms with Crippen LogP contribution in [0.2, 0.25) is 0 Å². The minimum atomic E-state index is -4.45. The van der Waals surface area contributed by atoms with Crippen LogP contribution in [0.4, 0.5) is 13.2 Å². The van der Waals surface area contributed by atoms with Crippen LogP contribution in [-0.4, -0.2) is 21.0 Å². The van der Waals surface area contributed by atoms with Crippen LogP contribution in [0.5, 0.6) is 0 Å². The van der Waals surface area contributed by atoms with E-state index in [-0.39, 0.29) is 6.54 Å². The Morgan fingerprint density at radius 1 is 1.03 bits per heavy atom. The summed E-state index contributed by atoms with van der Waals surface area (Å²) in [5.41, 5.74) is 1.17. The van der Waals surface area contributed by atoms with Crippen molar-refractivity contribution in [3.8, 4) is 6.07 Å². The number of H-pyrrole nitrogens is 1. The molecule has 0 saturated carbocycles. The van der Waals surface area contributed by atoms with Crippen LogP contribution in [0.25, 0.3) is 0 Å². The normalized spacial score (nSPS) is 14.1. The van der Waals surface area contributed by atoms with E-state index < -0.39 is 23.0 Å². The third kappa shape index (κ3) is 4.50. The molecule has 1 N–H and O–H groups in total. The molecule has 6 nitrogen and oxygen atoms in total. The number of aromatic amines is 1. The number of benzene rings is 2. The van der Waals surface area contributed by atoms with Crippen LogP contribution in [0.15, 0.2) is 58.1 Å². The summed E-state index contributed by atoms with van der Waals surface area (Å²) < 4.78 is 39.3. The van der Waals surface area contributed by atoms with Gasteiger partial charge in [0.1, 0.15) is 0 Å². The third-order valence-electron chi connectivity index (χ3n) is 5.51. The number of rotatable bonds is 4. The Morgan fingerprint density at radius 2 is 1.78 bits per heavy atom. The molecule has 0 fully saturated rings. The molecule has 9 heteroatoms. The van der Waals surface area contributed by atoms with Crippen molar-refractivity contribution in [2.24, 2.45) is 0 Å². The Kier molecular flexibility index (Phi) is 5.72. The molecule has 1 aliphatic heterocycles. The van der Waals surface area contributed by atoms with Crippen LogP contribution in [0.3, 0.4) is 0 Å². The average molecular weight is 440 g/mol. The second-order valence-electron chi connectivity index (χ2n) is 7.75. The molecule has 1 aromatic heterocycles. The SMILES string of the molecule is N#Cc1cccc(CN2CCc3[nH]c(=O)n(Cc4ccc(C(F)(F)F)cc4)c(=O)c3C2)c1. The molecular formula is C23H19F3N4O2. The van der Waals surface area contributed by atoms with Gasteiger partial charge < -0.3 is 4.98 Å². The number of halogens is 3. The first-order valence-electron chi connectivity index (χ1n) is 9.97. The summed E-state index contributed by atoms with van der Waals surface area (Å²) in [6.45, 7) is 1.40. The first-order chi connectivity index (χ1) is 15.2. The van der Waals surface area contributed by atoms with Gasteiger partial charge in [-0.15, -0.1) is 0 Å². The molecule has 1 aliphatic rings. The fourth-order valence-corrected chi connectivity index (χ4v) is 3.86. The van der Waals surface area contributed by atoms with Crippen molar-refractivity contribution in [1.29, 1.82) is 5.26 Å². The molecule has 32 heavy (non-hydrogen) atoms. The maximum Gasteiger partial charge on any atom is 0.416 e. The van der Waals surface area contributed by atoms with E-state index in [9.17, 15) is 22.8 Å². The number of hydrogen-bond acceptors (Lipinski definition) is 4. The van der Waals surface area contributed by atoms with E-state index in [1.165, 1.54) is 12.1 Å². The largest absolute Gasteiger partial charge is 0.416 e. The fourth-order valence-electron chi connectivity index (χ4n) is 3.86. The molecular weight excluding hydrogens is 421 g/mol. The number of nitrogens with zero attached hydrogens (tertiary/aromatic N) is 3. The highest BCUT2D eigenvalue weighted by atomic mass is 19.4. The molecule has 0 saturated heterocycles. The highest BCUT2D eigenvalue weighted by Crippen LogP contribution is 2.29. The predicted molar refractivity (Wildman–Crippen MR) is 111 cm³/mol. The first-order valence-corrected chi connectivity index (χ1v) is 9.97. The Bertz CT molecular complexity index is 1300.